The van der Waals surface area contributed by atoms with Gasteiger partial charge in [0.1, 0.15) is 5.75 Å². The topological polar surface area (TPSA) is 64.8 Å². The second kappa shape index (κ2) is 11.2. The number of halogens is 3. The molecular weight excluding hydrogens is 354 g/mol. The van der Waals surface area contributed by atoms with E-state index in [2.05, 4.69) is 4.74 Å². The van der Waals surface area contributed by atoms with Crippen molar-refractivity contribution in [3.8, 4) is 5.75 Å². The fourth-order valence-electron chi connectivity index (χ4n) is 2.74. The molecule has 0 unspecified atom stereocenters. The zero-order chi connectivity index (χ0) is 17.4. The van der Waals surface area contributed by atoms with Gasteiger partial charge in [-0.15, -0.1) is 12.4 Å². The Bertz CT molecular complexity index is 526. The van der Waals surface area contributed by atoms with Crippen LogP contribution in [0.5, 0.6) is 5.75 Å². The predicted molar refractivity (Wildman–Crippen MR) is 93.3 cm³/mol. The molecule has 1 heterocycles. The van der Waals surface area contributed by atoms with Crippen LogP contribution < -0.4 is 10.5 Å². The lowest BCUT2D eigenvalue weighted by Gasteiger charge is -2.32. The maximum Gasteiger partial charge on any atom is 0.387 e. The molecule has 2 N–H and O–H groups in total. The van der Waals surface area contributed by atoms with Crippen LogP contribution in [-0.2, 0) is 16.0 Å². The van der Waals surface area contributed by atoms with Crippen LogP contribution >= 0.6 is 12.4 Å². The van der Waals surface area contributed by atoms with Crippen molar-refractivity contribution in [3.63, 3.8) is 0 Å². The Hall–Kier alpha value is -1.44. The van der Waals surface area contributed by atoms with Crippen LogP contribution in [0.3, 0.4) is 0 Å². The summed E-state index contributed by atoms with van der Waals surface area (Å²) >= 11 is 0. The average Bonchev–Trinajstić information content (AvgIpc) is 2.57. The number of ether oxygens (including phenoxy) is 2. The molecule has 0 saturated carbocycles. The van der Waals surface area contributed by atoms with Gasteiger partial charge in [0.15, 0.2) is 0 Å². The first kappa shape index (κ1) is 21.6. The summed E-state index contributed by atoms with van der Waals surface area (Å²) in [5.41, 5.74) is 5.91. The molecule has 0 radical (unpaired) electrons. The molecule has 2 rings (SSSR count). The number of hydrogen-bond acceptors (Lipinski definition) is 4. The molecule has 5 nitrogen and oxygen atoms in total. The number of likely N-dealkylation sites (tertiary alicyclic amines) is 1. The van der Waals surface area contributed by atoms with Gasteiger partial charge in [0.25, 0.3) is 0 Å². The van der Waals surface area contributed by atoms with Crippen molar-refractivity contribution >= 4 is 18.3 Å². The molecule has 0 spiro atoms. The van der Waals surface area contributed by atoms with Gasteiger partial charge in [0.2, 0.25) is 5.91 Å². The first-order valence-corrected chi connectivity index (χ1v) is 8.22. The van der Waals surface area contributed by atoms with Crippen LogP contribution in [0.4, 0.5) is 8.78 Å². The van der Waals surface area contributed by atoms with Crippen LogP contribution in [0, 0.1) is 0 Å². The largest absolute Gasteiger partial charge is 0.435 e. The summed E-state index contributed by atoms with van der Waals surface area (Å²) in [5, 5.41) is 0. The van der Waals surface area contributed by atoms with Crippen LogP contribution in [0.25, 0.3) is 0 Å². The molecule has 0 aliphatic carbocycles. The molecular formula is C17H25ClF2N2O3. The number of benzene rings is 1. The van der Waals surface area contributed by atoms with E-state index < -0.39 is 6.61 Å². The van der Waals surface area contributed by atoms with E-state index in [0.717, 1.165) is 19.3 Å². The molecule has 8 heteroatoms. The summed E-state index contributed by atoms with van der Waals surface area (Å²) in [4.78, 5) is 14.2. The standard InChI is InChI=1S/C17H24F2N2O3.ClH/c18-17(19)24-15-5-2-1-4-13(15)12-16(22)21-9-6-14(7-10-21)23-11-3-8-20;/h1-2,4-5,14,17H,3,6-12,20H2;1H. The predicted octanol–water partition coefficient (Wildman–Crippen LogP) is 2.61. The fourth-order valence-corrected chi connectivity index (χ4v) is 2.74. The number of carbonyl (C=O) groups is 1. The lowest BCUT2D eigenvalue weighted by Crippen LogP contribution is -2.41. The number of amides is 1. The third-order valence-electron chi connectivity index (χ3n) is 4.03. The minimum absolute atomic E-state index is 0. The smallest absolute Gasteiger partial charge is 0.387 e. The number of piperidine rings is 1. The molecule has 1 amide bonds. The number of alkyl halides is 2. The van der Waals surface area contributed by atoms with Crippen molar-refractivity contribution in [2.75, 3.05) is 26.2 Å². The molecule has 0 bridgehead atoms. The summed E-state index contributed by atoms with van der Waals surface area (Å²) in [7, 11) is 0. The summed E-state index contributed by atoms with van der Waals surface area (Å²) in [6.45, 7) is -0.415. The Morgan fingerprint density at radius 2 is 1.96 bits per heavy atom. The van der Waals surface area contributed by atoms with Gasteiger partial charge >= 0.3 is 6.61 Å². The maximum atomic E-state index is 12.4. The summed E-state index contributed by atoms with van der Waals surface area (Å²) in [5.74, 6) is -0.0263. The van der Waals surface area contributed by atoms with Gasteiger partial charge in [-0.05, 0) is 31.9 Å². The zero-order valence-corrected chi connectivity index (χ0v) is 14.9. The van der Waals surface area contributed by atoms with E-state index >= 15 is 0 Å². The lowest BCUT2D eigenvalue weighted by molar-refractivity contribution is -0.133. The van der Waals surface area contributed by atoms with E-state index in [1.54, 1.807) is 23.1 Å². The van der Waals surface area contributed by atoms with Crippen LogP contribution in [0.1, 0.15) is 24.8 Å². The molecule has 1 fully saturated rings. The molecule has 1 aliphatic rings. The van der Waals surface area contributed by atoms with Gasteiger partial charge in [0, 0.05) is 25.3 Å². The third kappa shape index (κ3) is 7.13. The number of hydrogen-bond donors (Lipinski definition) is 1. The minimum Gasteiger partial charge on any atom is -0.435 e. The Kier molecular flexibility index (Phi) is 9.70. The highest BCUT2D eigenvalue weighted by atomic mass is 35.5. The van der Waals surface area contributed by atoms with E-state index in [9.17, 15) is 13.6 Å². The molecule has 1 saturated heterocycles. The fraction of sp³-hybridized carbons (Fsp3) is 0.588. The molecule has 142 valence electrons. The van der Waals surface area contributed by atoms with Gasteiger partial charge in [-0.25, -0.2) is 0 Å². The summed E-state index contributed by atoms with van der Waals surface area (Å²) < 4.78 is 35.0. The molecule has 25 heavy (non-hydrogen) atoms. The monoisotopic (exact) mass is 378 g/mol. The molecule has 1 aromatic rings. The van der Waals surface area contributed by atoms with Gasteiger partial charge < -0.3 is 20.1 Å². The van der Waals surface area contributed by atoms with Crippen molar-refractivity contribution in [3.05, 3.63) is 29.8 Å². The number of rotatable bonds is 8. The Morgan fingerprint density at radius 3 is 2.60 bits per heavy atom. The number of para-hydroxylation sites is 1. The molecule has 0 aromatic heterocycles. The van der Waals surface area contributed by atoms with Crippen molar-refractivity contribution in [2.24, 2.45) is 5.73 Å². The van der Waals surface area contributed by atoms with Gasteiger partial charge in [-0.2, -0.15) is 8.78 Å². The van der Waals surface area contributed by atoms with Crippen molar-refractivity contribution in [2.45, 2.75) is 38.4 Å². The second-order valence-corrected chi connectivity index (χ2v) is 5.76. The van der Waals surface area contributed by atoms with E-state index in [1.165, 1.54) is 6.07 Å². The van der Waals surface area contributed by atoms with Crippen molar-refractivity contribution < 1.29 is 23.0 Å². The average molecular weight is 379 g/mol. The van der Waals surface area contributed by atoms with Gasteiger partial charge in [-0.3, -0.25) is 4.79 Å². The molecule has 0 atom stereocenters. The van der Waals surface area contributed by atoms with Crippen LogP contribution in [0.15, 0.2) is 24.3 Å². The van der Waals surface area contributed by atoms with Gasteiger partial charge in [-0.1, -0.05) is 18.2 Å². The Labute approximate surface area is 152 Å². The zero-order valence-electron chi connectivity index (χ0n) is 14.0. The van der Waals surface area contributed by atoms with E-state index in [1.807, 2.05) is 0 Å². The first-order valence-electron chi connectivity index (χ1n) is 8.22. The third-order valence-corrected chi connectivity index (χ3v) is 4.03. The number of nitrogens with zero attached hydrogens (tertiary/aromatic N) is 1. The maximum absolute atomic E-state index is 12.4. The normalized spacial score (nSPS) is 15.1. The van der Waals surface area contributed by atoms with E-state index in [-0.39, 0.29) is 36.6 Å². The Balaban J connectivity index is 0.00000312. The lowest BCUT2D eigenvalue weighted by atomic mass is 10.1. The highest BCUT2D eigenvalue weighted by molar-refractivity contribution is 5.85. The molecule has 1 aromatic carbocycles. The van der Waals surface area contributed by atoms with E-state index in [4.69, 9.17) is 10.5 Å². The SMILES string of the molecule is Cl.NCCCOC1CCN(C(=O)Cc2ccccc2OC(F)F)CC1. The Morgan fingerprint density at radius 1 is 1.28 bits per heavy atom. The summed E-state index contributed by atoms with van der Waals surface area (Å²) in [6, 6.07) is 6.40. The highest BCUT2D eigenvalue weighted by Gasteiger charge is 2.24. The van der Waals surface area contributed by atoms with Crippen molar-refractivity contribution in [1.29, 1.82) is 0 Å². The minimum atomic E-state index is -2.90. The highest BCUT2D eigenvalue weighted by Crippen LogP contribution is 2.22. The summed E-state index contributed by atoms with van der Waals surface area (Å²) in [6.07, 6.45) is 2.62. The van der Waals surface area contributed by atoms with Crippen molar-refractivity contribution in [1.82, 2.24) is 4.90 Å². The first-order chi connectivity index (χ1) is 11.6. The quantitative estimate of drug-likeness (QED) is 0.706. The second-order valence-electron chi connectivity index (χ2n) is 5.76. The van der Waals surface area contributed by atoms with E-state index in [0.29, 0.717) is 31.8 Å². The van der Waals surface area contributed by atoms with Gasteiger partial charge in [0.05, 0.1) is 12.5 Å². The number of nitrogens with two attached hydrogens (primary N) is 1. The molecule has 1 aliphatic heterocycles. The van der Waals surface area contributed by atoms with Crippen LogP contribution in [0.2, 0.25) is 0 Å². The number of carbonyl (C=O) groups excluding carboxylic acids is 1. The van der Waals surface area contributed by atoms with Crippen LogP contribution in [-0.4, -0.2) is 49.8 Å².